The van der Waals surface area contributed by atoms with Crippen molar-refractivity contribution in [1.82, 2.24) is 20.2 Å². The number of ether oxygens (including phenoxy) is 1. The molecular formula is C19H17F3N6O2. The Morgan fingerprint density at radius 1 is 0.967 bits per heavy atom. The average molecular weight is 418 g/mol. The number of tetrazole rings is 1. The molecular weight excluding hydrogens is 401 g/mol. The maximum absolute atomic E-state index is 12.7. The minimum Gasteiger partial charge on any atom is -0.378 e. The van der Waals surface area contributed by atoms with E-state index in [2.05, 4.69) is 25.6 Å². The van der Waals surface area contributed by atoms with Gasteiger partial charge in [-0.2, -0.15) is 13.2 Å². The first-order chi connectivity index (χ1) is 14.4. The van der Waals surface area contributed by atoms with Gasteiger partial charge in [-0.25, -0.2) is 0 Å². The van der Waals surface area contributed by atoms with Gasteiger partial charge in [-0.05, 0) is 53.7 Å². The number of hydrogen-bond donors (Lipinski definition) is 1. The van der Waals surface area contributed by atoms with Gasteiger partial charge in [-0.15, -0.1) is 15.0 Å². The van der Waals surface area contributed by atoms with Crippen LogP contribution in [0.3, 0.4) is 0 Å². The van der Waals surface area contributed by atoms with Crippen LogP contribution in [0.4, 0.5) is 24.5 Å². The number of halogens is 3. The second-order valence-electron chi connectivity index (χ2n) is 6.55. The van der Waals surface area contributed by atoms with E-state index in [0.29, 0.717) is 18.9 Å². The summed E-state index contributed by atoms with van der Waals surface area (Å²) in [5, 5.41) is 14.0. The van der Waals surface area contributed by atoms with E-state index in [1.807, 2.05) is 12.1 Å². The van der Waals surface area contributed by atoms with Crippen molar-refractivity contribution in [3.8, 4) is 5.69 Å². The molecule has 1 fully saturated rings. The van der Waals surface area contributed by atoms with Crippen molar-refractivity contribution >= 4 is 17.3 Å². The summed E-state index contributed by atoms with van der Waals surface area (Å²) in [5.74, 6) is -0.778. The Balaban J connectivity index is 1.41. The van der Waals surface area contributed by atoms with Crippen molar-refractivity contribution in [2.45, 2.75) is 6.18 Å². The summed E-state index contributed by atoms with van der Waals surface area (Å²) in [6.45, 7) is 2.98. The number of aromatic nitrogens is 4. The first-order valence-corrected chi connectivity index (χ1v) is 9.12. The number of rotatable bonds is 4. The molecule has 1 aliphatic rings. The number of morpholine rings is 1. The van der Waals surface area contributed by atoms with Gasteiger partial charge in [-0.1, -0.05) is 0 Å². The summed E-state index contributed by atoms with van der Waals surface area (Å²) in [6, 6.07) is 11.6. The Kier molecular flexibility index (Phi) is 5.36. The van der Waals surface area contributed by atoms with E-state index in [9.17, 15) is 18.0 Å². The van der Waals surface area contributed by atoms with Crippen LogP contribution in [0.2, 0.25) is 0 Å². The second kappa shape index (κ2) is 8.11. The molecule has 11 heteroatoms. The third kappa shape index (κ3) is 4.40. The first-order valence-electron chi connectivity index (χ1n) is 9.12. The molecule has 3 aromatic rings. The van der Waals surface area contributed by atoms with Gasteiger partial charge >= 0.3 is 6.18 Å². The highest BCUT2D eigenvalue weighted by molar-refractivity contribution is 6.01. The van der Waals surface area contributed by atoms with Gasteiger partial charge in [0.1, 0.15) is 0 Å². The molecule has 1 amide bonds. The van der Waals surface area contributed by atoms with Crippen LogP contribution >= 0.6 is 0 Å². The minimum atomic E-state index is -4.43. The maximum Gasteiger partial charge on any atom is 0.416 e. The molecule has 1 N–H and O–H groups in total. The molecule has 30 heavy (non-hydrogen) atoms. The Bertz CT molecular complexity index is 1010. The summed E-state index contributed by atoms with van der Waals surface area (Å²) in [6.07, 6.45) is -4.43. The van der Waals surface area contributed by atoms with E-state index in [4.69, 9.17) is 4.74 Å². The number of carbonyl (C=O) groups excluding carboxylic acids is 1. The Labute approximate surface area is 169 Å². The van der Waals surface area contributed by atoms with Gasteiger partial charge in [0, 0.05) is 24.5 Å². The minimum absolute atomic E-state index is 0.202. The zero-order valence-corrected chi connectivity index (χ0v) is 15.6. The predicted octanol–water partition coefficient (Wildman–Crippen LogP) is 2.77. The third-order valence-electron chi connectivity index (χ3n) is 4.54. The molecule has 0 saturated carbocycles. The van der Waals surface area contributed by atoms with Crippen LogP contribution in [0, 0.1) is 0 Å². The predicted molar refractivity (Wildman–Crippen MR) is 102 cm³/mol. The molecule has 0 bridgehead atoms. The van der Waals surface area contributed by atoms with Crippen LogP contribution < -0.4 is 10.2 Å². The fraction of sp³-hybridized carbons (Fsp3) is 0.263. The zero-order valence-electron chi connectivity index (χ0n) is 15.6. The first kappa shape index (κ1) is 19.8. The molecule has 0 aliphatic carbocycles. The van der Waals surface area contributed by atoms with Crippen molar-refractivity contribution in [3.05, 3.63) is 59.9 Å². The monoisotopic (exact) mass is 418 g/mol. The molecule has 0 radical (unpaired) electrons. The summed E-state index contributed by atoms with van der Waals surface area (Å²) in [4.78, 5) is 15.5. The fourth-order valence-electron chi connectivity index (χ4n) is 2.96. The number of anilines is 2. The summed E-state index contributed by atoms with van der Waals surface area (Å²) in [5.41, 5.74) is 1.06. The van der Waals surface area contributed by atoms with Crippen LogP contribution in [-0.2, 0) is 10.9 Å². The van der Waals surface area contributed by atoms with E-state index in [1.54, 1.807) is 12.1 Å². The van der Waals surface area contributed by atoms with Gasteiger partial charge in [0.25, 0.3) is 11.7 Å². The topological polar surface area (TPSA) is 85.2 Å². The lowest BCUT2D eigenvalue weighted by atomic mass is 10.2. The Morgan fingerprint density at radius 2 is 1.60 bits per heavy atom. The molecule has 0 unspecified atom stereocenters. The second-order valence-corrected chi connectivity index (χ2v) is 6.55. The number of benzene rings is 2. The normalized spacial score (nSPS) is 14.6. The SMILES string of the molecule is O=C(Nc1ccc(N2CCOCC2)cc1)c1nnn(-c2ccc(C(F)(F)F)cc2)n1. The van der Waals surface area contributed by atoms with Crippen LogP contribution in [0.1, 0.15) is 16.2 Å². The molecule has 1 aromatic heterocycles. The van der Waals surface area contributed by atoms with Gasteiger partial charge < -0.3 is 15.0 Å². The molecule has 1 aliphatic heterocycles. The van der Waals surface area contributed by atoms with E-state index < -0.39 is 17.6 Å². The number of nitrogens with zero attached hydrogens (tertiary/aromatic N) is 5. The van der Waals surface area contributed by atoms with Crippen molar-refractivity contribution < 1.29 is 22.7 Å². The molecule has 2 aromatic carbocycles. The molecule has 2 heterocycles. The molecule has 8 nitrogen and oxygen atoms in total. The summed E-state index contributed by atoms with van der Waals surface area (Å²) < 4.78 is 43.3. The van der Waals surface area contributed by atoms with Crippen molar-refractivity contribution in [3.63, 3.8) is 0 Å². The van der Waals surface area contributed by atoms with Crippen molar-refractivity contribution in [1.29, 1.82) is 0 Å². The highest BCUT2D eigenvalue weighted by Gasteiger charge is 2.30. The number of alkyl halides is 3. The zero-order chi connectivity index (χ0) is 21.1. The number of hydrogen-bond acceptors (Lipinski definition) is 6. The smallest absolute Gasteiger partial charge is 0.378 e. The van der Waals surface area contributed by atoms with Gasteiger partial charge in [0.15, 0.2) is 0 Å². The number of amides is 1. The lowest BCUT2D eigenvalue weighted by Gasteiger charge is -2.28. The van der Waals surface area contributed by atoms with E-state index >= 15 is 0 Å². The van der Waals surface area contributed by atoms with Crippen molar-refractivity contribution in [2.75, 3.05) is 36.5 Å². The number of carbonyl (C=O) groups is 1. The van der Waals surface area contributed by atoms with E-state index in [1.165, 1.54) is 12.1 Å². The summed E-state index contributed by atoms with van der Waals surface area (Å²) in [7, 11) is 0. The van der Waals surface area contributed by atoms with E-state index in [-0.39, 0.29) is 11.5 Å². The molecule has 4 rings (SSSR count). The molecule has 0 spiro atoms. The third-order valence-corrected chi connectivity index (χ3v) is 4.54. The van der Waals surface area contributed by atoms with Gasteiger partial charge in [-0.3, -0.25) is 4.79 Å². The number of nitrogens with one attached hydrogen (secondary N) is 1. The quantitative estimate of drug-likeness (QED) is 0.702. The Morgan fingerprint density at radius 3 is 2.23 bits per heavy atom. The highest BCUT2D eigenvalue weighted by Crippen LogP contribution is 2.29. The Hall–Kier alpha value is -3.47. The fourth-order valence-corrected chi connectivity index (χ4v) is 2.96. The summed E-state index contributed by atoms with van der Waals surface area (Å²) >= 11 is 0. The maximum atomic E-state index is 12.7. The molecule has 0 atom stereocenters. The highest BCUT2D eigenvalue weighted by atomic mass is 19.4. The molecule has 156 valence electrons. The average Bonchev–Trinajstić information content (AvgIpc) is 3.25. The largest absolute Gasteiger partial charge is 0.416 e. The lowest BCUT2D eigenvalue weighted by Crippen LogP contribution is -2.36. The van der Waals surface area contributed by atoms with Crippen LogP contribution in [-0.4, -0.2) is 52.4 Å². The van der Waals surface area contributed by atoms with E-state index in [0.717, 1.165) is 35.7 Å². The van der Waals surface area contributed by atoms with Crippen LogP contribution in [0.25, 0.3) is 5.69 Å². The van der Waals surface area contributed by atoms with Gasteiger partial charge in [0.05, 0.1) is 24.5 Å². The standard InChI is InChI=1S/C19H17F3N6O2/c20-19(21,22)13-1-5-16(6-2-13)28-25-17(24-26-28)18(29)23-14-3-7-15(8-4-14)27-9-11-30-12-10-27/h1-8H,9-12H2,(H,23,29). The van der Waals surface area contributed by atoms with Crippen molar-refractivity contribution in [2.24, 2.45) is 0 Å². The van der Waals surface area contributed by atoms with Gasteiger partial charge in [0.2, 0.25) is 0 Å². The van der Waals surface area contributed by atoms with Crippen LogP contribution in [0.5, 0.6) is 0 Å². The molecule has 1 saturated heterocycles. The lowest BCUT2D eigenvalue weighted by molar-refractivity contribution is -0.137. The van der Waals surface area contributed by atoms with Crippen LogP contribution in [0.15, 0.2) is 48.5 Å².